The summed E-state index contributed by atoms with van der Waals surface area (Å²) in [4.78, 5) is 17.8. The van der Waals surface area contributed by atoms with Crippen LogP contribution in [-0.2, 0) is 0 Å². The molecule has 146 valence electrons. The van der Waals surface area contributed by atoms with Crippen molar-refractivity contribution in [1.82, 2.24) is 24.5 Å². The van der Waals surface area contributed by atoms with Crippen LogP contribution in [-0.4, -0.2) is 24.5 Å². The molecule has 0 spiro atoms. The highest BCUT2D eigenvalue weighted by atomic mass is 16.1. The fourth-order valence-corrected chi connectivity index (χ4v) is 3.56. The standard InChI is InChI=1S/C24H19N5O/c1-16-8-10-18(11-9-16)23-15-28(27-26-23)20-12-13-21-22(14-20)25-17(2)29(24(21)30)19-6-4-3-5-7-19/h3-15H,1-2H3. The number of nitrogens with zero attached hydrogens (tertiary/aromatic N) is 5. The molecule has 0 saturated heterocycles. The first-order valence-corrected chi connectivity index (χ1v) is 9.69. The van der Waals surface area contributed by atoms with Crippen LogP contribution in [0.15, 0.2) is 83.8 Å². The van der Waals surface area contributed by atoms with Gasteiger partial charge in [-0.05, 0) is 44.2 Å². The third-order valence-electron chi connectivity index (χ3n) is 5.14. The Kier molecular flexibility index (Phi) is 4.25. The van der Waals surface area contributed by atoms with Gasteiger partial charge < -0.3 is 0 Å². The van der Waals surface area contributed by atoms with Crippen LogP contribution in [0.3, 0.4) is 0 Å². The Hall–Kier alpha value is -4.06. The number of aryl methyl sites for hydroxylation is 2. The van der Waals surface area contributed by atoms with Gasteiger partial charge in [-0.1, -0.05) is 53.2 Å². The average Bonchev–Trinajstić information content (AvgIpc) is 3.25. The van der Waals surface area contributed by atoms with Crippen LogP contribution in [0.1, 0.15) is 11.4 Å². The van der Waals surface area contributed by atoms with Crippen molar-refractivity contribution in [2.45, 2.75) is 13.8 Å². The van der Waals surface area contributed by atoms with E-state index in [4.69, 9.17) is 0 Å². The first-order valence-electron chi connectivity index (χ1n) is 9.69. The largest absolute Gasteiger partial charge is 0.268 e. The van der Waals surface area contributed by atoms with Crippen molar-refractivity contribution < 1.29 is 0 Å². The highest BCUT2D eigenvalue weighted by Gasteiger charge is 2.12. The van der Waals surface area contributed by atoms with E-state index < -0.39 is 0 Å². The summed E-state index contributed by atoms with van der Waals surface area (Å²) >= 11 is 0. The quantitative estimate of drug-likeness (QED) is 0.460. The molecular weight excluding hydrogens is 374 g/mol. The number of hydrogen-bond acceptors (Lipinski definition) is 4. The molecule has 0 bridgehead atoms. The molecule has 2 heterocycles. The van der Waals surface area contributed by atoms with Gasteiger partial charge in [0.1, 0.15) is 11.5 Å². The van der Waals surface area contributed by atoms with Gasteiger partial charge >= 0.3 is 0 Å². The van der Waals surface area contributed by atoms with E-state index >= 15 is 0 Å². The lowest BCUT2D eigenvalue weighted by Crippen LogP contribution is -2.22. The van der Waals surface area contributed by atoms with Gasteiger partial charge in [-0.3, -0.25) is 9.36 Å². The zero-order valence-electron chi connectivity index (χ0n) is 16.6. The lowest BCUT2D eigenvalue weighted by atomic mass is 10.1. The number of benzene rings is 3. The van der Waals surface area contributed by atoms with Gasteiger partial charge in [-0.15, -0.1) is 5.10 Å². The Balaban J connectivity index is 1.58. The lowest BCUT2D eigenvalue weighted by Gasteiger charge is -2.11. The molecular formula is C24H19N5O. The van der Waals surface area contributed by atoms with Crippen LogP contribution >= 0.6 is 0 Å². The van der Waals surface area contributed by atoms with E-state index in [0.717, 1.165) is 22.6 Å². The average molecular weight is 393 g/mol. The van der Waals surface area contributed by atoms with Crippen LogP contribution in [0.2, 0.25) is 0 Å². The van der Waals surface area contributed by atoms with Gasteiger partial charge in [0.15, 0.2) is 0 Å². The normalized spacial score (nSPS) is 11.1. The third kappa shape index (κ3) is 3.08. The molecule has 0 radical (unpaired) electrons. The van der Waals surface area contributed by atoms with Crippen molar-refractivity contribution >= 4 is 10.9 Å². The van der Waals surface area contributed by atoms with E-state index in [1.54, 1.807) is 15.3 Å². The second kappa shape index (κ2) is 7.08. The summed E-state index contributed by atoms with van der Waals surface area (Å²) in [7, 11) is 0. The van der Waals surface area contributed by atoms with Gasteiger partial charge in [0.2, 0.25) is 0 Å². The number of aromatic nitrogens is 5. The van der Waals surface area contributed by atoms with Crippen molar-refractivity contribution in [3.8, 4) is 22.6 Å². The Morgan fingerprint density at radius 2 is 1.60 bits per heavy atom. The Labute approximate surface area is 173 Å². The molecule has 0 atom stereocenters. The van der Waals surface area contributed by atoms with E-state index in [1.807, 2.05) is 67.7 Å². The van der Waals surface area contributed by atoms with Gasteiger partial charge in [0.25, 0.3) is 5.56 Å². The van der Waals surface area contributed by atoms with Crippen molar-refractivity contribution in [3.63, 3.8) is 0 Å². The van der Waals surface area contributed by atoms with Crippen molar-refractivity contribution in [2.24, 2.45) is 0 Å². The summed E-state index contributed by atoms with van der Waals surface area (Å²) in [5.41, 5.74) is 5.15. The second-order valence-corrected chi connectivity index (χ2v) is 7.25. The number of para-hydroxylation sites is 1. The molecule has 6 heteroatoms. The molecule has 0 aliphatic carbocycles. The monoisotopic (exact) mass is 393 g/mol. The third-order valence-corrected chi connectivity index (χ3v) is 5.14. The fraction of sp³-hybridized carbons (Fsp3) is 0.0833. The molecule has 0 N–H and O–H groups in total. The summed E-state index contributed by atoms with van der Waals surface area (Å²) in [6.07, 6.45) is 1.88. The van der Waals surface area contributed by atoms with E-state index in [1.165, 1.54) is 5.56 Å². The van der Waals surface area contributed by atoms with Gasteiger partial charge in [-0.25, -0.2) is 9.67 Å². The van der Waals surface area contributed by atoms with Gasteiger partial charge in [-0.2, -0.15) is 0 Å². The summed E-state index contributed by atoms with van der Waals surface area (Å²) in [5, 5.41) is 9.11. The molecule has 5 aromatic rings. The van der Waals surface area contributed by atoms with Gasteiger partial charge in [0, 0.05) is 5.56 Å². The molecule has 6 nitrogen and oxygen atoms in total. The van der Waals surface area contributed by atoms with Crippen LogP contribution in [0.25, 0.3) is 33.5 Å². The summed E-state index contributed by atoms with van der Waals surface area (Å²) in [6.45, 7) is 3.89. The molecule has 5 rings (SSSR count). The predicted molar refractivity (Wildman–Crippen MR) is 117 cm³/mol. The number of fused-ring (bicyclic) bond motifs is 1. The second-order valence-electron chi connectivity index (χ2n) is 7.25. The van der Waals surface area contributed by atoms with Gasteiger partial charge in [0.05, 0.1) is 28.5 Å². The first-order chi connectivity index (χ1) is 14.6. The van der Waals surface area contributed by atoms with Crippen LogP contribution in [0.4, 0.5) is 0 Å². The first kappa shape index (κ1) is 18.0. The Bertz CT molecular complexity index is 1420. The predicted octanol–water partition coefficient (Wildman–Crippen LogP) is 4.25. The molecule has 30 heavy (non-hydrogen) atoms. The minimum absolute atomic E-state index is 0.0887. The highest BCUT2D eigenvalue weighted by Crippen LogP contribution is 2.20. The van der Waals surface area contributed by atoms with E-state index in [0.29, 0.717) is 16.7 Å². The van der Waals surface area contributed by atoms with Crippen LogP contribution in [0, 0.1) is 13.8 Å². The molecule has 0 saturated carbocycles. The summed E-state index contributed by atoms with van der Waals surface area (Å²) < 4.78 is 3.33. The minimum atomic E-state index is -0.0887. The SMILES string of the molecule is Cc1ccc(-c2cn(-c3ccc4c(=O)n(-c5ccccc5)c(C)nc4c3)nn2)cc1. The molecule has 0 aliphatic heterocycles. The number of hydrogen-bond donors (Lipinski definition) is 0. The molecule has 3 aromatic carbocycles. The molecule has 0 amide bonds. The minimum Gasteiger partial charge on any atom is -0.268 e. The van der Waals surface area contributed by atoms with Crippen LogP contribution in [0.5, 0.6) is 0 Å². The molecule has 0 unspecified atom stereocenters. The van der Waals surface area contributed by atoms with Crippen molar-refractivity contribution in [1.29, 1.82) is 0 Å². The zero-order chi connectivity index (χ0) is 20.7. The maximum absolute atomic E-state index is 13.1. The van der Waals surface area contributed by atoms with E-state index in [-0.39, 0.29) is 5.56 Å². The lowest BCUT2D eigenvalue weighted by molar-refractivity contribution is 0.804. The maximum Gasteiger partial charge on any atom is 0.265 e. The molecule has 2 aromatic heterocycles. The zero-order valence-corrected chi connectivity index (χ0v) is 16.6. The maximum atomic E-state index is 13.1. The van der Waals surface area contributed by atoms with Crippen molar-refractivity contribution in [2.75, 3.05) is 0 Å². The Morgan fingerprint density at radius 1 is 0.833 bits per heavy atom. The Morgan fingerprint density at radius 3 is 2.37 bits per heavy atom. The molecule has 0 aliphatic rings. The summed E-state index contributed by atoms with van der Waals surface area (Å²) in [5.74, 6) is 0.634. The van der Waals surface area contributed by atoms with Crippen LogP contribution < -0.4 is 5.56 Å². The smallest absolute Gasteiger partial charge is 0.265 e. The number of rotatable bonds is 3. The van der Waals surface area contributed by atoms with Crippen molar-refractivity contribution in [3.05, 3.63) is 101 Å². The van der Waals surface area contributed by atoms with E-state index in [2.05, 4.69) is 34.4 Å². The summed E-state index contributed by atoms with van der Waals surface area (Å²) in [6, 6.07) is 23.2. The van der Waals surface area contributed by atoms with E-state index in [9.17, 15) is 4.79 Å². The fourth-order valence-electron chi connectivity index (χ4n) is 3.56. The molecule has 0 fully saturated rings. The highest BCUT2D eigenvalue weighted by molar-refractivity contribution is 5.80. The topological polar surface area (TPSA) is 65.6 Å².